The van der Waals surface area contributed by atoms with E-state index in [2.05, 4.69) is 17.0 Å². The van der Waals surface area contributed by atoms with Crippen LogP contribution in [-0.2, 0) is 19.6 Å². The van der Waals surface area contributed by atoms with Crippen LogP contribution in [0.5, 0.6) is 0 Å². The van der Waals surface area contributed by atoms with Crippen LogP contribution in [0.4, 0.5) is 11.4 Å². The van der Waals surface area contributed by atoms with Gasteiger partial charge in [0.15, 0.2) is 5.25 Å². The first-order valence-electron chi connectivity index (χ1n) is 10.2. The molecule has 0 radical (unpaired) electrons. The highest BCUT2D eigenvalue weighted by atomic mass is 32.2. The molecule has 9 heteroatoms. The molecule has 0 saturated carbocycles. The van der Waals surface area contributed by atoms with Crippen LogP contribution >= 0.6 is 11.8 Å². The van der Waals surface area contributed by atoms with Gasteiger partial charge in [0.05, 0.1) is 16.3 Å². The molecule has 0 bridgehead atoms. The molecule has 1 fully saturated rings. The molecule has 1 atom stereocenters. The molecule has 1 unspecified atom stereocenters. The Morgan fingerprint density at radius 2 is 1.87 bits per heavy atom. The lowest BCUT2D eigenvalue weighted by Crippen LogP contribution is -2.47. The van der Waals surface area contributed by atoms with E-state index in [1.807, 2.05) is 19.1 Å². The van der Waals surface area contributed by atoms with Crippen LogP contribution < -0.4 is 10.0 Å². The van der Waals surface area contributed by atoms with E-state index in [9.17, 15) is 18.0 Å². The topological polar surface area (TPSA) is 95.6 Å². The smallest absolute Gasteiger partial charge is 0.261 e. The first-order chi connectivity index (χ1) is 14.7. The number of thioether (sulfide) groups is 1. The van der Waals surface area contributed by atoms with Gasteiger partial charge in [-0.15, -0.1) is 11.8 Å². The minimum absolute atomic E-state index is 0.0465. The molecule has 31 heavy (non-hydrogen) atoms. The fraction of sp³-hybridized carbons (Fsp3) is 0.364. The second-order valence-electron chi connectivity index (χ2n) is 8.07. The summed E-state index contributed by atoms with van der Waals surface area (Å²) in [5.74, 6) is -0.00763. The van der Waals surface area contributed by atoms with Gasteiger partial charge in [0, 0.05) is 18.0 Å². The number of likely N-dealkylation sites (tertiary alicyclic amines) is 1. The number of aryl methyl sites for hydroxylation is 1. The van der Waals surface area contributed by atoms with Crippen molar-refractivity contribution in [1.29, 1.82) is 0 Å². The van der Waals surface area contributed by atoms with E-state index in [1.165, 1.54) is 23.9 Å². The Hall–Kier alpha value is -2.52. The maximum atomic E-state index is 12.9. The molecule has 0 aliphatic carbocycles. The number of anilines is 2. The number of amides is 2. The van der Waals surface area contributed by atoms with Crippen molar-refractivity contribution >= 4 is 45.0 Å². The number of rotatable bonds is 4. The Balaban J connectivity index is 1.53. The van der Waals surface area contributed by atoms with Gasteiger partial charge in [-0.2, -0.15) is 0 Å². The summed E-state index contributed by atoms with van der Waals surface area (Å²) in [5.41, 5.74) is 1.71. The third-order valence-electron chi connectivity index (χ3n) is 5.71. The van der Waals surface area contributed by atoms with E-state index >= 15 is 0 Å². The zero-order valence-corrected chi connectivity index (χ0v) is 19.1. The predicted molar refractivity (Wildman–Crippen MR) is 122 cm³/mol. The average molecular weight is 460 g/mol. The van der Waals surface area contributed by atoms with Gasteiger partial charge in [-0.1, -0.05) is 25.1 Å². The Morgan fingerprint density at radius 3 is 2.58 bits per heavy atom. The molecule has 2 amide bonds. The van der Waals surface area contributed by atoms with Gasteiger partial charge in [-0.05, 0) is 55.5 Å². The lowest BCUT2D eigenvalue weighted by molar-refractivity contribution is -0.135. The van der Waals surface area contributed by atoms with E-state index in [0.29, 0.717) is 35.3 Å². The van der Waals surface area contributed by atoms with Crippen LogP contribution in [0.15, 0.2) is 52.3 Å². The second-order valence-corrected chi connectivity index (χ2v) is 10.9. The molecule has 4 rings (SSSR count). The Bertz CT molecular complexity index is 1130. The summed E-state index contributed by atoms with van der Waals surface area (Å²) in [7, 11) is -3.82. The lowest BCUT2D eigenvalue weighted by Gasteiger charge is -2.33. The van der Waals surface area contributed by atoms with Crippen LogP contribution in [-0.4, -0.2) is 43.5 Å². The maximum absolute atomic E-state index is 12.9. The summed E-state index contributed by atoms with van der Waals surface area (Å²) in [6.45, 7) is 5.32. The summed E-state index contributed by atoms with van der Waals surface area (Å²) in [6.07, 6.45) is 1.88. The monoisotopic (exact) mass is 459 g/mol. The SMILES string of the molecule is Cc1ccccc1NS(=O)(=O)c1ccc2c(c1)NC(=O)C(C(=O)N1CCC(C)CC1)S2. The largest absolute Gasteiger partial charge is 0.341 e. The summed E-state index contributed by atoms with van der Waals surface area (Å²) in [4.78, 5) is 28.0. The first kappa shape index (κ1) is 21.7. The van der Waals surface area contributed by atoms with Gasteiger partial charge < -0.3 is 10.2 Å². The summed E-state index contributed by atoms with van der Waals surface area (Å²) in [5, 5.41) is 1.87. The molecule has 2 N–H and O–H groups in total. The minimum atomic E-state index is -3.82. The summed E-state index contributed by atoms with van der Waals surface area (Å²) >= 11 is 1.17. The molecule has 1 saturated heterocycles. The molecule has 2 aromatic carbocycles. The molecule has 0 spiro atoms. The van der Waals surface area contributed by atoms with Crippen molar-refractivity contribution in [1.82, 2.24) is 4.90 Å². The van der Waals surface area contributed by atoms with E-state index in [1.54, 1.807) is 23.1 Å². The van der Waals surface area contributed by atoms with Crippen molar-refractivity contribution in [2.45, 2.75) is 41.7 Å². The number of piperidine rings is 1. The fourth-order valence-electron chi connectivity index (χ4n) is 3.70. The Kier molecular flexibility index (Phi) is 5.98. The molecule has 2 aliphatic heterocycles. The third-order valence-corrected chi connectivity index (χ3v) is 8.34. The molecule has 164 valence electrons. The number of para-hydroxylation sites is 1. The molecule has 2 heterocycles. The maximum Gasteiger partial charge on any atom is 0.261 e. The number of fused-ring (bicyclic) bond motifs is 1. The van der Waals surface area contributed by atoms with Crippen LogP contribution in [0.2, 0.25) is 0 Å². The van der Waals surface area contributed by atoms with Crippen LogP contribution in [0.1, 0.15) is 25.3 Å². The Labute approximate surface area is 186 Å². The summed E-state index contributed by atoms with van der Waals surface area (Å²) < 4.78 is 28.3. The number of carbonyl (C=O) groups is 2. The third kappa shape index (κ3) is 4.57. The molecular formula is C22H25N3O4S2. The van der Waals surface area contributed by atoms with Crippen molar-refractivity contribution in [3.63, 3.8) is 0 Å². The van der Waals surface area contributed by atoms with Gasteiger partial charge in [-0.25, -0.2) is 8.42 Å². The number of nitrogens with one attached hydrogen (secondary N) is 2. The van der Waals surface area contributed by atoms with E-state index in [0.717, 1.165) is 18.4 Å². The van der Waals surface area contributed by atoms with Gasteiger partial charge in [0.2, 0.25) is 11.8 Å². The molecule has 7 nitrogen and oxygen atoms in total. The quantitative estimate of drug-likeness (QED) is 0.683. The number of carbonyl (C=O) groups excluding carboxylic acids is 2. The van der Waals surface area contributed by atoms with Gasteiger partial charge in [0.1, 0.15) is 0 Å². The molecular weight excluding hydrogens is 434 g/mol. The van der Waals surface area contributed by atoms with Crippen molar-refractivity contribution in [3.8, 4) is 0 Å². The van der Waals surface area contributed by atoms with Gasteiger partial charge in [0.25, 0.3) is 10.0 Å². The number of hydrogen-bond acceptors (Lipinski definition) is 5. The van der Waals surface area contributed by atoms with Crippen LogP contribution in [0, 0.1) is 12.8 Å². The van der Waals surface area contributed by atoms with Crippen molar-refractivity contribution in [3.05, 3.63) is 48.0 Å². The highest BCUT2D eigenvalue weighted by Gasteiger charge is 2.37. The van der Waals surface area contributed by atoms with Gasteiger partial charge in [-0.3, -0.25) is 14.3 Å². The highest BCUT2D eigenvalue weighted by molar-refractivity contribution is 8.01. The fourth-order valence-corrected chi connectivity index (χ4v) is 5.91. The van der Waals surface area contributed by atoms with E-state index in [4.69, 9.17) is 0 Å². The van der Waals surface area contributed by atoms with Crippen molar-refractivity contribution < 1.29 is 18.0 Å². The van der Waals surface area contributed by atoms with Gasteiger partial charge >= 0.3 is 0 Å². The summed E-state index contributed by atoms with van der Waals surface area (Å²) in [6, 6.07) is 11.7. The second kappa shape index (κ2) is 8.55. The molecule has 2 aromatic rings. The predicted octanol–water partition coefficient (Wildman–Crippen LogP) is 3.47. The first-order valence-corrected chi connectivity index (χ1v) is 12.6. The van der Waals surface area contributed by atoms with Crippen molar-refractivity contribution in [2.24, 2.45) is 5.92 Å². The van der Waals surface area contributed by atoms with E-state index < -0.39 is 21.2 Å². The number of benzene rings is 2. The molecule has 0 aromatic heterocycles. The number of nitrogens with zero attached hydrogens (tertiary/aromatic N) is 1. The standard InChI is InChI=1S/C22H25N3O4S2/c1-14-9-11-25(12-10-14)22(27)20-21(26)23-18-13-16(7-8-19(18)30-20)31(28,29)24-17-6-4-3-5-15(17)2/h3-8,13-14,20,24H,9-12H2,1-2H3,(H,23,26). The van der Waals surface area contributed by atoms with Crippen molar-refractivity contribution in [2.75, 3.05) is 23.1 Å². The Morgan fingerprint density at radius 1 is 1.16 bits per heavy atom. The average Bonchev–Trinajstić information content (AvgIpc) is 2.74. The number of hydrogen-bond donors (Lipinski definition) is 2. The van der Waals surface area contributed by atoms with Crippen LogP contribution in [0.25, 0.3) is 0 Å². The lowest BCUT2D eigenvalue weighted by atomic mass is 9.99. The zero-order chi connectivity index (χ0) is 22.2. The normalized spacial score (nSPS) is 19.5. The zero-order valence-electron chi connectivity index (χ0n) is 17.4. The van der Waals surface area contributed by atoms with E-state index in [-0.39, 0.29) is 10.8 Å². The number of sulfonamides is 1. The minimum Gasteiger partial charge on any atom is -0.341 e. The molecule has 2 aliphatic rings. The van der Waals surface area contributed by atoms with Crippen LogP contribution in [0.3, 0.4) is 0 Å². The highest BCUT2D eigenvalue weighted by Crippen LogP contribution is 2.38.